The third-order valence-corrected chi connectivity index (χ3v) is 30.1. The Balaban J connectivity index is 0.000000132. The summed E-state index contributed by atoms with van der Waals surface area (Å²) in [7, 11) is 8.04. The van der Waals surface area contributed by atoms with Gasteiger partial charge in [0.15, 0.2) is 0 Å². The number of anilines is 12. The molecule has 6 aliphatic rings. The number of aromatic nitrogens is 2. The van der Waals surface area contributed by atoms with Crippen LogP contribution in [-0.2, 0) is 52.5 Å². The SMILES string of the molecule is C=CC(=O)N(CCCN(C)C)c1cc(C(F)(F)F)cc2c1Nc1ccccc1S2.CC(C)CC(=O)Nc1cc(C(F)(F)F)cc2c1Cc1ccccc1S2.CCCC(=O)Nc1cc(C)cc2c1Cc1ccccc1S2.Cc1cc(N)c2c(c1)Sc1ccccc1C2.Cc1cc(N)c2c(c1)Sc1ccccc1N2CCCN(C)C.Cc1cc(N)c2c(c1)Sc1ccccc1N2CCCn1ccnc1. The number of fused-ring (bicyclic) bond motifs is 12. The molecule has 0 radical (unpaired) electrons. The van der Waals surface area contributed by atoms with Crippen LogP contribution in [0.2, 0.25) is 0 Å². The van der Waals surface area contributed by atoms with Gasteiger partial charge in [-0.2, -0.15) is 26.3 Å². The molecule has 137 heavy (non-hydrogen) atoms. The molecule has 0 saturated heterocycles. The highest BCUT2D eigenvalue weighted by Crippen LogP contribution is 2.56. The van der Waals surface area contributed by atoms with E-state index in [-0.39, 0.29) is 42.1 Å². The van der Waals surface area contributed by atoms with Crippen LogP contribution < -0.4 is 47.9 Å². The van der Waals surface area contributed by atoms with Crippen molar-refractivity contribution in [3.05, 3.63) is 317 Å². The molecule has 16 nitrogen and oxygen atoms in total. The normalized spacial score (nSPS) is 12.9. The van der Waals surface area contributed by atoms with Gasteiger partial charge in [0.2, 0.25) is 17.7 Å². The highest BCUT2D eigenvalue weighted by Gasteiger charge is 2.38. The lowest BCUT2D eigenvalue weighted by Crippen LogP contribution is -2.33. The number of alkyl halides is 6. The number of hydrogen-bond acceptors (Lipinski definition) is 18. The standard InChI is InChI=1S/C21H22F3N3OS.C19H18F3NOS.C19H20N4S.C18H23N3S.C18H19NOS.C14H13NS/c1-4-19(28)27(11-7-10-26(2)3)16-12-14(21(22,23)24)13-18-20(16)25-15-8-5-6-9-17(15)29-18;1-11(2)7-18(24)23-15-9-13(19(20,21)22)10-17-14(15)8-12-5-3-4-6-16(12)25-17;1-14-11-15(20)19-18(12-14)24-17-6-3-2-5-16(17)23(19)9-4-8-22-10-7-21-13-22;1-13-11-14(19)18-17(12-13)22-16-8-5-4-7-15(16)21(18)10-6-9-20(2)3;1-3-6-18(20)19-15-9-12(2)10-17-14(15)11-13-7-4-5-8-16(13)21-17;1-9-6-12(15)11-8-10-4-2-3-5-13(10)16-14(11)7-9/h4-6,8-9,12-13,25H,1,7,10-11H2,2-3H3;3-6,9-11H,7-8H2,1-2H3,(H,23,24);2-3,5-7,10-13H,4,8-9,20H2,1H3;4-5,7-8,11-12H,6,9-10,19H2,1-3H3;4-5,7-10H,3,6,11H2,1-2H3,(H,19,20);2-7H,8,15H2,1H3. The number of carbonyl (C=O) groups excluding carboxylic acids is 3. The van der Waals surface area contributed by atoms with E-state index in [4.69, 9.17) is 17.2 Å². The smallest absolute Gasteiger partial charge is 0.398 e. The van der Waals surface area contributed by atoms with Gasteiger partial charge >= 0.3 is 12.4 Å². The van der Waals surface area contributed by atoms with E-state index in [1.807, 2.05) is 142 Å². The van der Waals surface area contributed by atoms with Gasteiger partial charge in [-0.15, -0.1) is 0 Å². The Labute approximate surface area is 825 Å². The highest BCUT2D eigenvalue weighted by atomic mass is 32.2. The van der Waals surface area contributed by atoms with Crippen LogP contribution in [0.15, 0.2) is 309 Å². The second-order valence-electron chi connectivity index (χ2n) is 35.3. The summed E-state index contributed by atoms with van der Waals surface area (Å²) in [6.07, 6.45) is 4.68. The molecule has 28 heteroatoms. The Hall–Kier alpha value is -11.6. The van der Waals surface area contributed by atoms with E-state index in [0.717, 1.165) is 138 Å². The Morgan fingerprint density at radius 3 is 1.41 bits per heavy atom. The number of aryl methyl sites for hydroxylation is 5. The molecule has 0 bridgehead atoms. The molecule has 12 aromatic carbocycles. The molecule has 0 saturated carbocycles. The first kappa shape index (κ1) is 101. The molecule has 0 atom stereocenters. The minimum absolute atomic E-state index is 0.106. The largest absolute Gasteiger partial charge is 0.416 e. The number of amides is 3. The number of rotatable bonds is 20. The lowest BCUT2D eigenvalue weighted by molar-refractivity contribution is -0.138. The van der Waals surface area contributed by atoms with Gasteiger partial charge in [0.25, 0.3) is 0 Å². The number of halogens is 6. The van der Waals surface area contributed by atoms with Crippen LogP contribution in [0, 0.1) is 33.6 Å². The molecule has 7 heterocycles. The van der Waals surface area contributed by atoms with E-state index in [2.05, 4.69) is 234 Å². The number of imidazole rings is 1. The number of nitrogens with one attached hydrogen (secondary N) is 3. The topological polar surface area (TPSA) is 199 Å². The van der Waals surface area contributed by atoms with Gasteiger partial charge in [-0.3, -0.25) is 14.4 Å². The summed E-state index contributed by atoms with van der Waals surface area (Å²) in [6, 6.07) is 70.8. The molecule has 13 aromatic rings. The van der Waals surface area contributed by atoms with Crippen LogP contribution in [0.3, 0.4) is 0 Å². The van der Waals surface area contributed by atoms with Crippen molar-refractivity contribution in [3.63, 3.8) is 0 Å². The molecule has 0 spiro atoms. The van der Waals surface area contributed by atoms with Crippen LogP contribution in [0.5, 0.6) is 0 Å². The van der Waals surface area contributed by atoms with Gasteiger partial charge in [0.1, 0.15) is 0 Å². The average molecular weight is 1960 g/mol. The van der Waals surface area contributed by atoms with Crippen molar-refractivity contribution in [1.82, 2.24) is 19.4 Å². The quantitative estimate of drug-likeness (QED) is 0.0239. The van der Waals surface area contributed by atoms with Gasteiger partial charge in [-0.25, -0.2) is 4.98 Å². The van der Waals surface area contributed by atoms with Crippen LogP contribution >= 0.6 is 70.6 Å². The summed E-state index contributed by atoms with van der Waals surface area (Å²) in [4.78, 5) is 64.2. The minimum Gasteiger partial charge on any atom is -0.398 e. The fourth-order valence-electron chi connectivity index (χ4n) is 16.9. The van der Waals surface area contributed by atoms with E-state index in [1.165, 1.54) is 135 Å². The fraction of sp³-hybridized carbons (Fsp3) is 0.266. The molecule has 9 N–H and O–H groups in total. The van der Waals surface area contributed by atoms with Gasteiger partial charge in [-0.1, -0.05) is 189 Å². The molecule has 0 fully saturated rings. The molecule has 19 rings (SSSR count). The molecular formula is C109H115F6N13O3S6. The predicted octanol–water partition coefficient (Wildman–Crippen LogP) is 28.1. The Kier molecular flexibility index (Phi) is 33.9. The van der Waals surface area contributed by atoms with Crippen molar-refractivity contribution in [2.45, 2.75) is 184 Å². The van der Waals surface area contributed by atoms with E-state index in [9.17, 15) is 40.7 Å². The van der Waals surface area contributed by atoms with Crippen molar-refractivity contribution in [2.75, 3.05) is 109 Å². The van der Waals surface area contributed by atoms with Crippen LogP contribution in [-0.4, -0.2) is 98.0 Å². The number of hydrogen-bond donors (Lipinski definition) is 6. The molecule has 0 aliphatic carbocycles. The molecule has 712 valence electrons. The summed E-state index contributed by atoms with van der Waals surface area (Å²) in [6.45, 7) is 22.6. The molecule has 0 unspecified atom stereocenters. The predicted molar refractivity (Wildman–Crippen MR) is 557 cm³/mol. The summed E-state index contributed by atoms with van der Waals surface area (Å²) >= 11 is 9.84. The van der Waals surface area contributed by atoms with E-state index in [1.54, 1.807) is 11.8 Å². The first-order chi connectivity index (χ1) is 65.6. The number of benzene rings is 12. The third kappa shape index (κ3) is 25.9. The summed E-state index contributed by atoms with van der Waals surface area (Å²) in [5.41, 5.74) is 39.5. The molecular weight excluding hydrogens is 1850 g/mol. The lowest BCUT2D eigenvalue weighted by atomic mass is 9.99. The maximum atomic E-state index is 13.6. The first-order valence-electron chi connectivity index (χ1n) is 45.6. The number of nitrogen functional groups attached to an aromatic ring is 3. The molecule has 1 aromatic heterocycles. The zero-order valence-corrected chi connectivity index (χ0v) is 83.7. The summed E-state index contributed by atoms with van der Waals surface area (Å²) < 4.78 is 82.6. The molecule has 3 amide bonds. The number of nitrogens with two attached hydrogens (primary N) is 3. The van der Waals surface area contributed by atoms with Crippen molar-refractivity contribution in [3.8, 4) is 0 Å². The van der Waals surface area contributed by atoms with Gasteiger partial charge in [0, 0.05) is 146 Å². The highest BCUT2D eigenvalue weighted by molar-refractivity contribution is 8.01. The van der Waals surface area contributed by atoms with E-state index >= 15 is 0 Å². The third-order valence-electron chi connectivity index (χ3n) is 23.2. The van der Waals surface area contributed by atoms with Gasteiger partial charge in [-0.05, 0) is 290 Å². The van der Waals surface area contributed by atoms with Crippen LogP contribution in [0.25, 0.3) is 0 Å². The Bertz CT molecular complexity index is 6550. The van der Waals surface area contributed by atoms with E-state index < -0.39 is 29.4 Å². The second-order valence-corrected chi connectivity index (χ2v) is 41.8. The maximum Gasteiger partial charge on any atom is 0.416 e. The van der Waals surface area contributed by atoms with Crippen LogP contribution in [0.1, 0.15) is 126 Å². The minimum atomic E-state index is -4.52. The van der Waals surface area contributed by atoms with Crippen molar-refractivity contribution < 1.29 is 40.7 Å². The second kappa shape index (κ2) is 45.8. The van der Waals surface area contributed by atoms with Crippen molar-refractivity contribution in [2.24, 2.45) is 5.92 Å². The average Bonchev–Trinajstić information content (AvgIpc) is 1.26. The Morgan fingerprint density at radius 2 is 0.898 bits per heavy atom. The Morgan fingerprint density at radius 1 is 0.474 bits per heavy atom. The number of para-hydroxylation sites is 3. The van der Waals surface area contributed by atoms with Crippen LogP contribution in [0.4, 0.5) is 94.6 Å². The summed E-state index contributed by atoms with van der Waals surface area (Å²) in [5.74, 6) is -0.456. The van der Waals surface area contributed by atoms with Gasteiger partial charge in [0.05, 0.1) is 68.6 Å². The maximum absolute atomic E-state index is 13.6. The number of nitrogens with zero attached hydrogens (tertiary/aromatic N) is 7. The van der Waals surface area contributed by atoms with E-state index in [0.29, 0.717) is 41.3 Å². The van der Waals surface area contributed by atoms with Gasteiger partial charge < -0.3 is 62.2 Å². The fourth-order valence-corrected chi connectivity index (χ4v) is 24.0. The molecule has 6 aliphatic heterocycles. The summed E-state index contributed by atoms with van der Waals surface area (Å²) in [5, 5.41) is 9.00. The number of carbonyl (C=O) groups is 3. The zero-order valence-electron chi connectivity index (χ0n) is 78.8. The van der Waals surface area contributed by atoms with Crippen molar-refractivity contribution in [1.29, 1.82) is 0 Å². The first-order valence-corrected chi connectivity index (χ1v) is 50.5. The zero-order chi connectivity index (χ0) is 97.5. The van der Waals surface area contributed by atoms with Crippen molar-refractivity contribution >= 4 is 157 Å². The monoisotopic (exact) mass is 1960 g/mol. The lowest BCUT2D eigenvalue weighted by Gasteiger charge is -2.34.